The number of nitrogens with one attached hydrogen (secondary N) is 1. The van der Waals surface area contributed by atoms with Crippen LogP contribution in [0.4, 0.5) is 0 Å². The maximum absolute atomic E-state index is 12.5. The number of halogens is 1. The molecule has 1 heterocycles. The summed E-state index contributed by atoms with van der Waals surface area (Å²) in [7, 11) is 0. The van der Waals surface area contributed by atoms with E-state index >= 15 is 0 Å². The van der Waals surface area contributed by atoms with Gasteiger partial charge >= 0.3 is 0 Å². The highest BCUT2D eigenvalue weighted by Gasteiger charge is 2.25. The number of rotatable bonds is 6. The van der Waals surface area contributed by atoms with Crippen LogP contribution in [0.3, 0.4) is 0 Å². The van der Waals surface area contributed by atoms with E-state index in [0.717, 1.165) is 32.7 Å². The van der Waals surface area contributed by atoms with Crippen molar-refractivity contribution in [1.29, 1.82) is 0 Å². The zero-order valence-corrected chi connectivity index (χ0v) is 16.0. The number of carbonyl (C=O) groups is 1. The van der Waals surface area contributed by atoms with Gasteiger partial charge < -0.3 is 10.2 Å². The molecule has 0 aliphatic carbocycles. The first-order chi connectivity index (χ1) is 12.7. The van der Waals surface area contributed by atoms with Gasteiger partial charge in [-0.25, -0.2) is 0 Å². The molecular weight excluding hydrogens is 346 g/mol. The summed E-state index contributed by atoms with van der Waals surface area (Å²) in [6.45, 7) is 8.05. The molecule has 0 radical (unpaired) electrons. The van der Waals surface area contributed by atoms with Crippen molar-refractivity contribution in [3.63, 3.8) is 0 Å². The van der Waals surface area contributed by atoms with Gasteiger partial charge in [0, 0.05) is 43.3 Å². The van der Waals surface area contributed by atoms with Crippen molar-refractivity contribution in [3.05, 3.63) is 70.7 Å². The summed E-state index contributed by atoms with van der Waals surface area (Å²) in [4.78, 5) is 17.5. The molecule has 0 bridgehead atoms. The summed E-state index contributed by atoms with van der Waals surface area (Å²) >= 11 is 6.00. The number of carbonyl (C=O) groups excluding carboxylic acids is 1. The number of hydrogen-bond acceptors (Lipinski definition) is 3. The molecule has 138 valence electrons. The molecule has 0 saturated carbocycles. The first-order valence-corrected chi connectivity index (χ1v) is 9.60. The number of piperazine rings is 1. The highest BCUT2D eigenvalue weighted by atomic mass is 35.5. The molecule has 1 amide bonds. The lowest BCUT2D eigenvalue weighted by Crippen LogP contribution is -2.49. The molecule has 1 atom stereocenters. The molecular formula is C21H26ClN3O. The first kappa shape index (κ1) is 18.9. The molecule has 4 nitrogen and oxygen atoms in total. The van der Waals surface area contributed by atoms with E-state index in [1.807, 2.05) is 6.07 Å². The van der Waals surface area contributed by atoms with Crippen molar-refractivity contribution in [1.82, 2.24) is 15.1 Å². The van der Waals surface area contributed by atoms with Crippen LogP contribution in [0.25, 0.3) is 0 Å². The second-order valence-corrected chi connectivity index (χ2v) is 7.05. The standard InChI is InChI=1S/C21H26ClN3O/c1-2-24-11-13-25(14-12-24)20(17-7-4-3-5-8-17)16-23-21(26)18-9-6-10-19(22)15-18/h3-10,15,20H,2,11-14,16H2,1H3,(H,23,26). The molecule has 1 aliphatic heterocycles. The second-order valence-electron chi connectivity index (χ2n) is 6.62. The van der Waals surface area contributed by atoms with Crippen LogP contribution < -0.4 is 5.32 Å². The van der Waals surface area contributed by atoms with Crippen molar-refractivity contribution in [2.75, 3.05) is 39.3 Å². The third-order valence-corrected chi connectivity index (χ3v) is 5.26. The highest BCUT2D eigenvalue weighted by molar-refractivity contribution is 6.30. The molecule has 0 aromatic heterocycles. The van der Waals surface area contributed by atoms with E-state index in [2.05, 4.69) is 46.3 Å². The van der Waals surface area contributed by atoms with Crippen LogP contribution in [0.1, 0.15) is 28.9 Å². The molecule has 1 unspecified atom stereocenters. The maximum atomic E-state index is 12.5. The van der Waals surface area contributed by atoms with Crippen molar-refractivity contribution < 1.29 is 4.79 Å². The van der Waals surface area contributed by atoms with Crippen LogP contribution in [-0.2, 0) is 0 Å². The van der Waals surface area contributed by atoms with Gasteiger partial charge in [-0.2, -0.15) is 0 Å². The lowest BCUT2D eigenvalue weighted by molar-refractivity contribution is 0.0855. The minimum Gasteiger partial charge on any atom is -0.350 e. The Balaban J connectivity index is 1.69. The molecule has 1 aliphatic rings. The fourth-order valence-electron chi connectivity index (χ4n) is 3.45. The van der Waals surface area contributed by atoms with Crippen LogP contribution in [0.15, 0.2) is 54.6 Å². The molecule has 2 aromatic carbocycles. The fraction of sp³-hybridized carbons (Fsp3) is 0.381. The van der Waals surface area contributed by atoms with E-state index < -0.39 is 0 Å². The third kappa shape index (κ3) is 4.85. The van der Waals surface area contributed by atoms with Gasteiger partial charge in [-0.05, 0) is 30.3 Å². The molecule has 3 rings (SSSR count). The Kier molecular flexibility index (Phi) is 6.67. The minimum absolute atomic E-state index is 0.0828. The lowest BCUT2D eigenvalue weighted by Gasteiger charge is -2.39. The van der Waals surface area contributed by atoms with E-state index in [1.165, 1.54) is 5.56 Å². The predicted octanol–water partition coefficient (Wildman–Crippen LogP) is 3.45. The SMILES string of the molecule is CCN1CCN(C(CNC(=O)c2cccc(Cl)c2)c2ccccc2)CC1. The summed E-state index contributed by atoms with van der Waals surface area (Å²) in [5, 5.41) is 3.67. The number of nitrogens with zero attached hydrogens (tertiary/aromatic N) is 2. The summed E-state index contributed by atoms with van der Waals surface area (Å²) < 4.78 is 0. The Bertz CT molecular complexity index is 714. The Morgan fingerprint density at radius 2 is 1.81 bits per heavy atom. The number of amides is 1. The maximum Gasteiger partial charge on any atom is 0.251 e. The molecule has 1 fully saturated rings. The predicted molar refractivity (Wildman–Crippen MR) is 107 cm³/mol. The molecule has 26 heavy (non-hydrogen) atoms. The summed E-state index contributed by atoms with van der Waals surface area (Å²) in [5.74, 6) is -0.0828. The zero-order chi connectivity index (χ0) is 18.4. The molecule has 2 aromatic rings. The van der Waals surface area contributed by atoms with Gasteiger partial charge in [-0.15, -0.1) is 0 Å². The molecule has 1 saturated heterocycles. The average molecular weight is 372 g/mol. The quantitative estimate of drug-likeness (QED) is 0.844. The van der Waals surface area contributed by atoms with E-state index in [4.69, 9.17) is 11.6 Å². The summed E-state index contributed by atoms with van der Waals surface area (Å²) in [5.41, 5.74) is 1.84. The highest BCUT2D eigenvalue weighted by Crippen LogP contribution is 2.22. The van der Waals surface area contributed by atoms with Crippen LogP contribution in [-0.4, -0.2) is 55.0 Å². The van der Waals surface area contributed by atoms with Gasteiger partial charge in [0.1, 0.15) is 0 Å². The van der Waals surface area contributed by atoms with Crippen molar-refractivity contribution in [2.24, 2.45) is 0 Å². The van der Waals surface area contributed by atoms with Crippen molar-refractivity contribution >= 4 is 17.5 Å². The van der Waals surface area contributed by atoms with Gasteiger partial charge in [0.25, 0.3) is 5.91 Å². The topological polar surface area (TPSA) is 35.6 Å². The summed E-state index contributed by atoms with van der Waals surface area (Å²) in [6, 6.07) is 17.7. The van der Waals surface area contributed by atoms with E-state index in [-0.39, 0.29) is 11.9 Å². The van der Waals surface area contributed by atoms with Crippen LogP contribution in [0, 0.1) is 0 Å². The number of likely N-dealkylation sites (N-methyl/N-ethyl adjacent to an activating group) is 1. The smallest absolute Gasteiger partial charge is 0.251 e. The van der Waals surface area contributed by atoms with E-state index in [9.17, 15) is 4.79 Å². The fourth-order valence-corrected chi connectivity index (χ4v) is 3.64. The van der Waals surface area contributed by atoms with Crippen molar-refractivity contribution in [2.45, 2.75) is 13.0 Å². The van der Waals surface area contributed by atoms with Crippen LogP contribution in [0.5, 0.6) is 0 Å². The monoisotopic (exact) mass is 371 g/mol. The zero-order valence-electron chi connectivity index (χ0n) is 15.2. The summed E-state index contributed by atoms with van der Waals surface area (Å²) in [6.07, 6.45) is 0. The largest absolute Gasteiger partial charge is 0.350 e. The van der Waals surface area contributed by atoms with Gasteiger partial charge in [0.2, 0.25) is 0 Å². The average Bonchev–Trinajstić information content (AvgIpc) is 2.69. The van der Waals surface area contributed by atoms with Gasteiger partial charge in [-0.3, -0.25) is 9.69 Å². The van der Waals surface area contributed by atoms with Gasteiger partial charge in [0.05, 0.1) is 6.04 Å². The lowest BCUT2D eigenvalue weighted by atomic mass is 10.0. The molecule has 1 N–H and O–H groups in total. The number of benzene rings is 2. The Labute approximate surface area is 160 Å². The Hall–Kier alpha value is -1.88. The third-order valence-electron chi connectivity index (χ3n) is 5.02. The van der Waals surface area contributed by atoms with E-state index in [0.29, 0.717) is 17.1 Å². The normalized spacial score (nSPS) is 17.0. The van der Waals surface area contributed by atoms with E-state index in [1.54, 1.807) is 24.3 Å². The van der Waals surface area contributed by atoms with Crippen LogP contribution in [0.2, 0.25) is 5.02 Å². The van der Waals surface area contributed by atoms with Gasteiger partial charge in [-0.1, -0.05) is 54.9 Å². The van der Waals surface area contributed by atoms with Crippen molar-refractivity contribution in [3.8, 4) is 0 Å². The molecule has 5 heteroatoms. The Morgan fingerprint density at radius 3 is 2.46 bits per heavy atom. The van der Waals surface area contributed by atoms with Crippen LogP contribution >= 0.6 is 11.6 Å². The number of hydrogen-bond donors (Lipinski definition) is 1. The minimum atomic E-state index is -0.0828. The Morgan fingerprint density at radius 1 is 1.08 bits per heavy atom. The van der Waals surface area contributed by atoms with Gasteiger partial charge in [0.15, 0.2) is 0 Å². The first-order valence-electron chi connectivity index (χ1n) is 9.22. The second kappa shape index (κ2) is 9.17. The molecule has 0 spiro atoms.